The lowest BCUT2D eigenvalue weighted by atomic mass is 10.0. The summed E-state index contributed by atoms with van der Waals surface area (Å²) in [5.41, 5.74) is 4.47. The number of nitrogens with two attached hydrogens (primary N) is 1. The number of benzene rings is 2. The first-order valence-corrected chi connectivity index (χ1v) is 11.7. The number of pyridine rings is 1. The fourth-order valence-corrected chi connectivity index (χ4v) is 3.77. The van der Waals surface area contributed by atoms with Crippen LogP contribution in [0, 0.1) is 0 Å². The summed E-state index contributed by atoms with van der Waals surface area (Å²) in [4.78, 5) is 13.5. The molecule has 0 spiro atoms. The van der Waals surface area contributed by atoms with Crippen molar-refractivity contribution in [1.29, 1.82) is 0 Å². The summed E-state index contributed by atoms with van der Waals surface area (Å²) in [6, 6.07) is 14.5. The van der Waals surface area contributed by atoms with Gasteiger partial charge in [0, 0.05) is 53.4 Å². The topological polar surface area (TPSA) is 123 Å². The standard InChI is InChI=1S/C23H24N6O2S/c1-15(2)26-12-16-10-18(13-25-11-16)21-5-3-4-17-14-27-23(29-22(17)21)28-19-6-8-20(9-7-19)32(24,30)31/h3-11,13-15,26H,12H2,1-2H3,(H2,24,30,31)(H,27,28,29). The lowest BCUT2D eigenvalue weighted by Gasteiger charge is -2.11. The van der Waals surface area contributed by atoms with Crippen LogP contribution in [0.15, 0.2) is 72.0 Å². The third-order valence-corrected chi connectivity index (χ3v) is 5.80. The van der Waals surface area contributed by atoms with Crippen LogP contribution in [-0.4, -0.2) is 29.4 Å². The van der Waals surface area contributed by atoms with Crippen LogP contribution in [0.5, 0.6) is 0 Å². The van der Waals surface area contributed by atoms with E-state index in [4.69, 9.17) is 10.1 Å². The third-order valence-electron chi connectivity index (χ3n) is 4.87. The molecule has 0 amide bonds. The highest BCUT2D eigenvalue weighted by molar-refractivity contribution is 7.89. The highest BCUT2D eigenvalue weighted by atomic mass is 32.2. The number of anilines is 2. The molecule has 164 valence electrons. The van der Waals surface area contributed by atoms with E-state index in [0.29, 0.717) is 17.7 Å². The number of hydrogen-bond acceptors (Lipinski definition) is 7. The van der Waals surface area contributed by atoms with Gasteiger partial charge in [-0.2, -0.15) is 0 Å². The van der Waals surface area contributed by atoms with Gasteiger partial charge in [0.05, 0.1) is 10.4 Å². The van der Waals surface area contributed by atoms with Crippen LogP contribution < -0.4 is 15.8 Å². The molecule has 0 aliphatic heterocycles. The fraction of sp³-hybridized carbons (Fsp3) is 0.174. The minimum absolute atomic E-state index is 0.0455. The molecular formula is C23H24N6O2S. The Hall–Kier alpha value is -3.40. The van der Waals surface area contributed by atoms with Crippen molar-refractivity contribution in [2.45, 2.75) is 31.3 Å². The molecule has 4 N–H and O–H groups in total. The molecular weight excluding hydrogens is 424 g/mol. The summed E-state index contributed by atoms with van der Waals surface area (Å²) in [5, 5.41) is 12.6. The molecule has 0 atom stereocenters. The second kappa shape index (κ2) is 8.99. The first-order chi connectivity index (χ1) is 15.3. The Morgan fingerprint density at radius 3 is 2.53 bits per heavy atom. The average Bonchev–Trinajstić information content (AvgIpc) is 2.77. The van der Waals surface area contributed by atoms with Gasteiger partial charge in [-0.1, -0.05) is 32.0 Å². The number of sulfonamides is 1. The Bertz CT molecular complexity index is 1350. The zero-order valence-electron chi connectivity index (χ0n) is 17.8. The number of para-hydroxylation sites is 1. The molecule has 0 saturated heterocycles. The molecule has 4 rings (SSSR count). The van der Waals surface area contributed by atoms with Crippen molar-refractivity contribution in [3.05, 3.63) is 72.7 Å². The van der Waals surface area contributed by atoms with Crippen LogP contribution in [0.2, 0.25) is 0 Å². The van der Waals surface area contributed by atoms with Crippen LogP contribution in [0.25, 0.3) is 22.0 Å². The van der Waals surface area contributed by atoms with Gasteiger partial charge in [0.2, 0.25) is 16.0 Å². The first-order valence-electron chi connectivity index (χ1n) is 10.1. The van der Waals surface area contributed by atoms with E-state index in [0.717, 1.165) is 34.1 Å². The van der Waals surface area contributed by atoms with Crippen LogP contribution in [-0.2, 0) is 16.6 Å². The van der Waals surface area contributed by atoms with Gasteiger partial charge >= 0.3 is 0 Å². The SMILES string of the molecule is CC(C)NCc1cncc(-c2cccc3cnc(Nc4ccc(S(N)(=O)=O)cc4)nc23)c1. The van der Waals surface area contributed by atoms with Crippen molar-refractivity contribution < 1.29 is 8.42 Å². The third kappa shape index (κ3) is 5.08. The number of nitrogens with one attached hydrogen (secondary N) is 2. The Kier molecular flexibility index (Phi) is 6.13. The van der Waals surface area contributed by atoms with Crippen molar-refractivity contribution in [1.82, 2.24) is 20.3 Å². The van der Waals surface area contributed by atoms with Gasteiger partial charge in [0.25, 0.3) is 0 Å². The Labute approximate surface area is 187 Å². The summed E-state index contributed by atoms with van der Waals surface area (Å²) in [6.07, 6.45) is 5.44. The number of primary sulfonamides is 1. The molecule has 0 radical (unpaired) electrons. The van der Waals surface area contributed by atoms with Crippen molar-refractivity contribution >= 4 is 32.6 Å². The van der Waals surface area contributed by atoms with E-state index >= 15 is 0 Å². The normalized spacial score (nSPS) is 11.8. The van der Waals surface area contributed by atoms with Crippen LogP contribution >= 0.6 is 0 Å². The van der Waals surface area contributed by atoms with E-state index in [2.05, 4.69) is 40.5 Å². The molecule has 2 heterocycles. The zero-order chi connectivity index (χ0) is 22.7. The predicted octanol–water partition coefficient (Wildman–Crippen LogP) is 3.58. The van der Waals surface area contributed by atoms with E-state index < -0.39 is 10.0 Å². The average molecular weight is 449 g/mol. The minimum atomic E-state index is -3.74. The molecule has 0 aliphatic carbocycles. The maximum absolute atomic E-state index is 11.4. The summed E-state index contributed by atoms with van der Waals surface area (Å²) in [5.74, 6) is 0.402. The van der Waals surface area contributed by atoms with Gasteiger partial charge < -0.3 is 10.6 Å². The molecule has 9 heteroatoms. The number of rotatable bonds is 7. The molecule has 8 nitrogen and oxygen atoms in total. The van der Waals surface area contributed by atoms with Gasteiger partial charge in [-0.05, 0) is 35.9 Å². The molecule has 0 bridgehead atoms. The second-order valence-corrected chi connectivity index (χ2v) is 9.31. The van der Waals surface area contributed by atoms with Crippen molar-refractivity contribution in [2.75, 3.05) is 5.32 Å². The van der Waals surface area contributed by atoms with Gasteiger partial charge in [-0.25, -0.2) is 23.5 Å². The van der Waals surface area contributed by atoms with E-state index in [1.165, 1.54) is 12.1 Å². The van der Waals surface area contributed by atoms with Gasteiger partial charge in [0.1, 0.15) is 0 Å². The van der Waals surface area contributed by atoms with E-state index in [1.54, 1.807) is 18.3 Å². The van der Waals surface area contributed by atoms with Crippen LogP contribution in [0.3, 0.4) is 0 Å². The Morgan fingerprint density at radius 1 is 1.03 bits per heavy atom. The highest BCUT2D eigenvalue weighted by Gasteiger charge is 2.10. The summed E-state index contributed by atoms with van der Waals surface area (Å²) < 4.78 is 22.9. The predicted molar refractivity (Wildman–Crippen MR) is 126 cm³/mol. The number of aromatic nitrogens is 3. The second-order valence-electron chi connectivity index (χ2n) is 7.75. The molecule has 2 aromatic heterocycles. The lowest BCUT2D eigenvalue weighted by Crippen LogP contribution is -2.21. The Morgan fingerprint density at radius 2 is 1.81 bits per heavy atom. The van der Waals surface area contributed by atoms with Gasteiger partial charge in [-0.15, -0.1) is 0 Å². The van der Waals surface area contributed by atoms with Crippen molar-refractivity contribution in [2.24, 2.45) is 5.14 Å². The minimum Gasteiger partial charge on any atom is -0.324 e. The summed E-state index contributed by atoms with van der Waals surface area (Å²) in [7, 11) is -3.74. The van der Waals surface area contributed by atoms with Gasteiger partial charge in [-0.3, -0.25) is 4.98 Å². The van der Waals surface area contributed by atoms with Crippen molar-refractivity contribution in [3.8, 4) is 11.1 Å². The van der Waals surface area contributed by atoms with Crippen LogP contribution in [0.4, 0.5) is 11.6 Å². The Balaban J connectivity index is 1.66. The molecule has 0 saturated carbocycles. The molecule has 32 heavy (non-hydrogen) atoms. The molecule has 0 fully saturated rings. The first kappa shape index (κ1) is 21.8. The molecule has 2 aromatic carbocycles. The van der Waals surface area contributed by atoms with E-state index in [-0.39, 0.29) is 4.90 Å². The maximum Gasteiger partial charge on any atom is 0.238 e. The summed E-state index contributed by atoms with van der Waals surface area (Å²) >= 11 is 0. The van der Waals surface area contributed by atoms with E-state index in [9.17, 15) is 8.42 Å². The van der Waals surface area contributed by atoms with Crippen molar-refractivity contribution in [3.63, 3.8) is 0 Å². The summed E-state index contributed by atoms with van der Waals surface area (Å²) in [6.45, 7) is 4.95. The largest absolute Gasteiger partial charge is 0.324 e. The smallest absolute Gasteiger partial charge is 0.238 e. The molecule has 4 aromatic rings. The molecule has 0 aliphatic rings. The molecule has 0 unspecified atom stereocenters. The maximum atomic E-state index is 11.4. The number of fused-ring (bicyclic) bond motifs is 1. The van der Waals surface area contributed by atoms with E-state index in [1.807, 2.05) is 30.6 Å². The quantitative estimate of drug-likeness (QED) is 0.395. The van der Waals surface area contributed by atoms with Crippen LogP contribution in [0.1, 0.15) is 19.4 Å². The monoisotopic (exact) mass is 448 g/mol. The zero-order valence-corrected chi connectivity index (χ0v) is 18.6. The number of hydrogen-bond donors (Lipinski definition) is 3. The van der Waals surface area contributed by atoms with Gasteiger partial charge in [0.15, 0.2) is 0 Å². The number of nitrogens with zero attached hydrogens (tertiary/aromatic N) is 3. The highest BCUT2D eigenvalue weighted by Crippen LogP contribution is 2.28. The fourth-order valence-electron chi connectivity index (χ4n) is 3.26. The lowest BCUT2D eigenvalue weighted by molar-refractivity contribution is 0.588.